The van der Waals surface area contributed by atoms with Gasteiger partial charge in [0, 0.05) is 28.5 Å². The van der Waals surface area contributed by atoms with Gasteiger partial charge in [0.2, 0.25) is 0 Å². The molecule has 7 heteroatoms. The Labute approximate surface area is 171 Å². The van der Waals surface area contributed by atoms with E-state index in [4.69, 9.17) is 4.74 Å². The van der Waals surface area contributed by atoms with E-state index in [1.807, 2.05) is 61.8 Å². The molecule has 1 aromatic carbocycles. The summed E-state index contributed by atoms with van der Waals surface area (Å²) in [6, 6.07) is 10.7. The molecule has 6 nitrogen and oxygen atoms in total. The van der Waals surface area contributed by atoms with E-state index in [0.717, 1.165) is 11.1 Å². The first-order valence-corrected chi connectivity index (χ1v) is 9.95. The third-order valence-electron chi connectivity index (χ3n) is 4.86. The first-order valence-electron chi connectivity index (χ1n) is 9.13. The van der Waals surface area contributed by atoms with Crippen LogP contribution in [0.4, 0.5) is 0 Å². The number of ether oxygens (including phenoxy) is 1. The van der Waals surface area contributed by atoms with Crippen LogP contribution in [0.5, 0.6) is 5.75 Å². The summed E-state index contributed by atoms with van der Waals surface area (Å²) in [6.45, 7) is 3.31. The molecule has 1 aliphatic heterocycles. The summed E-state index contributed by atoms with van der Waals surface area (Å²) in [5.41, 5.74) is 2.58. The van der Waals surface area contributed by atoms with E-state index in [9.17, 15) is 9.59 Å². The number of fused-ring (bicyclic) bond motifs is 1. The number of para-hydroxylation sites is 1. The van der Waals surface area contributed by atoms with Gasteiger partial charge < -0.3 is 4.74 Å². The number of nitrogens with one attached hydrogen (secondary N) is 1. The van der Waals surface area contributed by atoms with Gasteiger partial charge in [0.25, 0.3) is 5.56 Å². The molecule has 1 aliphatic rings. The Morgan fingerprint density at radius 3 is 2.76 bits per heavy atom. The maximum Gasteiger partial charge on any atom is 0.271 e. The number of thiazole rings is 1. The van der Waals surface area contributed by atoms with Crippen LogP contribution < -0.4 is 24.6 Å². The molecule has 0 saturated heterocycles. The van der Waals surface area contributed by atoms with Gasteiger partial charge in [-0.1, -0.05) is 29.5 Å². The fraction of sp³-hybridized carbons (Fsp3) is 0.182. The van der Waals surface area contributed by atoms with Crippen LogP contribution in [0.25, 0.3) is 6.08 Å². The number of pyridine rings is 1. The summed E-state index contributed by atoms with van der Waals surface area (Å²) in [5.74, 6) is 0.507. The van der Waals surface area contributed by atoms with Crippen molar-refractivity contribution in [2.45, 2.75) is 19.9 Å². The van der Waals surface area contributed by atoms with Crippen LogP contribution in [0, 0.1) is 0 Å². The average molecular weight is 406 g/mol. The molecule has 1 N–H and O–H groups in total. The highest BCUT2D eigenvalue weighted by molar-refractivity contribution is 7.07. The van der Waals surface area contributed by atoms with E-state index < -0.39 is 6.04 Å². The lowest BCUT2D eigenvalue weighted by atomic mass is 9.93. The number of Topliss-reactive ketones (excluding diaryl/α,β-unsaturated/α-hetero) is 1. The van der Waals surface area contributed by atoms with Gasteiger partial charge in [-0.3, -0.25) is 14.2 Å². The number of aromatic nitrogens is 2. The minimum Gasteiger partial charge on any atom is -0.496 e. The summed E-state index contributed by atoms with van der Waals surface area (Å²) in [4.78, 5) is 34.1. The molecule has 29 heavy (non-hydrogen) atoms. The molecular formula is C22H20N3O3S+. The van der Waals surface area contributed by atoms with E-state index in [0.29, 0.717) is 26.4 Å². The van der Waals surface area contributed by atoms with Gasteiger partial charge in [-0.25, -0.2) is 9.98 Å². The lowest BCUT2D eigenvalue weighted by molar-refractivity contribution is -0.378. The fourth-order valence-corrected chi connectivity index (χ4v) is 4.65. The van der Waals surface area contributed by atoms with Crippen LogP contribution in [-0.4, -0.2) is 17.5 Å². The molecule has 0 bridgehead atoms. The van der Waals surface area contributed by atoms with Crippen molar-refractivity contribution in [1.82, 2.24) is 4.57 Å². The normalized spacial score (nSPS) is 16.4. The second-order valence-electron chi connectivity index (χ2n) is 6.72. The Kier molecular flexibility index (Phi) is 4.98. The summed E-state index contributed by atoms with van der Waals surface area (Å²) in [7, 11) is 1.58. The van der Waals surface area contributed by atoms with Gasteiger partial charge in [0.15, 0.2) is 23.0 Å². The number of carbonyl (C=O) groups is 1. The van der Waals surface area contributed by atoms with Crippen molar-refractivity contribution in [3.05, 3.63) is 90.9 Å². The first-order chi connectivity index (χ1) is 14.0. The van der Waals surface area contributed by atoms with Crippen LogP contribution in [-0.2, 0) is 4.79 Å². The second-order valence-corrected chi connectivity index (χ2v) is 7.73. The van der Waals surface area contributed by atoms with Crippen molar-refractivity contribution >= 4 is 23.2 Å². The summed E-state index contributed by atoms with van der Waals surface area (Å²) >= 11 is 1.31. The highest BCUT2D eigenvalue weighted by Gasteiger charge is 2.32. The molecule has 0 saturated carbocycles. The number of methoxy groups -OCH3 is 1. The number of carbonyl (C=O) groups excluding carboxylic acids is 1. The second kappa shape index (κ2) is 7.60. The summed E-state index contributed by atoms with van der Waals surface area (Å²) < 4.78 is 7.69. The molecular weight excluding hydrogens is 386 g/mol. The largest absolute Gasteiger partial charge is 0.496 e. The van der Waals surface area contributed by atoms with Crippen molar-refractivity contribution in [1.29, 1.82) is 0 Å². The van der Waals surface area contributed by atoms with Crippen molar-refractivity contribution in [3.8, 4) is 5.75 Å². The number of rotatable bonds is 4. The van der Waals surface area contributed by atoms with Crippen molar-refractivity contribution in [2.24, 2.45) is 4.99 Å². The molecule has 2 aromatic heterocycles. The SMILES string of the molecule is COc1ccccc1C1C(C(C)=O)=C(C)N=c2sc(=Cc3ccc[nH+]c3)c(=O)n21. The van der Waals surface area contributed by atoms with Crippen LogP contribution in [0.15, 0.2) is 69.8 Å². The first kappa shape index (κ1) is 19.0. The van der Waals surface area contributed by atoms with Crippen LogP contribution in [0.3, 0.4) is 0 Å². The van der Waals surface area contributed by atoms with Gasteiger partial charge in [0.1, 0.15) is 5.75 Å². The maximum atomic E-state index is 13.4. The monoisotopic (exact) mass is 406 g/mol. The molecule has 0 fully saturated rings. The van der Waals surface area contributed by atoms with Gasteiger partial charge >= 0.3 is 0 Å². The fourth-order valence-electron chi connectivity index (χ4n) is 3.61. The number of ketones is 1. The number of nitrogens with zero attached hydrogens (tertiary/aromatic N) is 2. The lowest BCUT2D eigenvalue weighted by Crippen LogP contribution is -2.39. The van der Waals surface area contributed by atoms with E-state index in [-0.39, 0.29) is 11.3 Å². The number of hydrogen-bond acceptors (Lipinski definition) is 5. The highest BCUT2D eigenvalue weighted by atomic mass is 32.1. The average Bonchev–Trinajstić information content (AvgIpc) is 3.02. The van der Waals surface area contributed by atoms with E-state index >= 15 is 0 Å². The number of hydrogen-bond donors (Lipinski definition) is 0. The molecule has 3 heterocycles. The minimum atomic E-state index is -0.579. The Morgan fingerprint density at radius 2 is 2.07 bits per heavy atom. The molecule has 1 unspecified atom stereocenters. The molecule has 0 spiro atoms. The van der Waals surface area contributed by atoms with Gasteiger partial charge in [-0.05, 0) is 32.1 Å². The quantitative estimate of drug-likeness (QED) is 0.661. The minimum absolute atomic E-state index is 0.117. The van der Waals surface area contributed by atoms with Crippen LogP contribution in [0.2, 0.25) is 0 Å². The molecule has 0 aliphatic carbocycles. The number of benzene rings is 1. The van der Waals surface area contributed by atoms with Gasteiger partial charge in [-0.2, -0.15) is 0 Å². The van der Waals surface area contributed by atoms with Crippen LogP contribution in [0.1, 0.15) is 31.0 Å². The summed E-state index contributed by atoms with van der Waals surface area (Å²) in [5, 5.41) is 0. The molecule has 1 atom stereocenters. The zero-order valence-corrected chi connectivity index (χ0v) is 17.1. The number of allylic oxidation sites excluding steroid dienone is 2. The Hall–Kier alpha value is -3.32. The molecule has 3 aromatic rings. The summed E-state index contributed by atoms with van der Waals surface area (Å²) in [6.07, 6.45) is 5.46. The van der Waals surface area contributed by atoms with Crippen LogP contribution >= 0.6 is 11.3 Å². The standard InChI is InChI=1S/C22H19N3O3S/c1-13-19(14(2)26)20(16-8-4-5-9-17(16)28-3)25-21(27)18(29-22(25)24-13)11-15-7-6-10-23-12-15/h4-12,20H,1-3H3/p+1. The number of H-pyrrole nitrogens is 1. The highest BCUT2D eigenvalue weighted by Crippen LogP contribution is 2.35. The predicted octanol–water partition coefficient (Wildman–Crippen LogP) is 1.65. The zero-order chi connectivity index (χ0) is 20.5. The van der Waals surface area contributed by atoms with E-state index in [2.05, 4.69) is 9.98 Å². The third-order valence-corrected chi connectivity index (χ3v) is 5.85. The molecule has 0 amide bonds. The Morgan fingerprint density at radius 1 is 1.28 bits per heavy atom. The predicted molar refractivity (Wildman–Crippen MR) is 110 cm³/mol. The lowest BCUT2D eigenvalue weighted by Gasteiger charge is -2.25. The molecule has 4 rings (SSSR count). The van der Waals surface area contributed by atoms with Crippen molar-refractivity contribution < 1.29 is 14.5 Å². The van der Waals surface area contributed by atoms with Crippen molar-refractivity contribution in [3.63, 3.8) is 0 Å². The Balaban J connectivity index is 2.03. The molecule has 146 valence electrons. The topological polar surface area (TPSA) is 74.8 Å². The van der Waals surface area contributed by atoms with Crippen molar-refractivity contribution in [2.75, 3.05) is 7.11 Å². The number of aromatic amines is 1. The Bertz CT molecular complexity index is 1300. The van der Waals surface area contributed by atoms with Gasteiger partial charge in [-0.15, -0.1) is 0 Å². The zero-order valence-electron chi connectivity index (χ0n) is 16.3. The maximum absolute atomic E-state index is 13.4. The van der Waals surface area contributed by atoms with E-state index in [1.165, 1.54) is 18.3 Å². The smallest absolute Gasteiger partial charge is 0.271 e. The third kappa shape index (κ3) is 3.34. The van der Waals surface area contributed by atoms with E-state index in [1.54, 1.807) is 11.7 Å². The van der Waals surface area contributed by atoms with Gasteiger partial charge in [0.05, 0.1) is 17.7 Å². The molecule has 0 radical (unpaired) electrons.